The molecule has 1 aliphatic heterocycles. The fourth-order valence-electron chi connectivity index (χ4n) is 3.26. The summed E-state index contributed by atoms with van der Waals surface area (Å²) in [5.41, 5.74) is 2.18. The molecule has 1 heterocycles. The second kappa shape index (κ2) is 8.89. The number of nitrogens with one attached hydrogen (secondary N) is 2. The highest BCUT2D eigenvalue weighted by atomic mass is 35.5. The van der Waals surface area contributed by atoms with Gasteiger partial charge in [0.2, 0.25) is 17.7 Å². The third-order valence-electron chi connectivity index (χ3n) is 4.55. The Bertz CT molecular complexity index is 883. The predicted molar refractivity (Wildman–Crippen MR) is 109 cm³/mol. The fourth-order valence-corrected chi connectivity index (χ4v) is 3.39. The van der Waals surface area contributed by atoms with Crippen LogP contribution in [0.25, 0.3) is 0 Å². The quantitative estimate of drug-likeness (QED) is 0.777. The molecule has 0 bridgehead atoms. The van der Waals surface area contributed by atoms with Crippen LogP contribution in [0.5, 0.6) is 0 Å². The van der Waals surface area contributed by atoms with Gasteiger partial charge in [-0.05, 0) is 42.3 Å². The van der Waals surface area contributed by atoms with Crippen LogP contribution in [0.15, 0.2) is 48.5 Å². The molecule has 3 rings (SSSR count). The highest BCUT2D eigenvalue weighted by Gasteiger charge is 2.22. The minimum atomic E-state index is -0.460. The molecule has 3 amide bonds. The fraction of sp³-hybridized carbons (Fsp3) is 0.286. The molecule has 0 saturated carbocycles. The van der Waals surface area contributed by atoms with E-state index in [0.717, 1.165) is 17.7 Å². The third-order valence-corrected chi connectivity index (χ3v) is 4.81. The van der Waals surface area contributed by atoms with E-state index in [1.54, 1.807) is 47.4 Å². The lowest BCUT2D eigenvalue weighted by Gasteiger charge is -2.19. The number of rotatable bonds is 6. The van der Waals surface area contributed by atoms with Crippen molar-refractivity contribution in [2.24, 2.45) is 0 Å². The van der Waals surface area contributed by atoms with E-state index in [2.05, 4.69) is 10.6 Å². The van der Waals surface area contributed by atoms with Gasteiger partial charge in [-0.2, -0.15) is 0 Å². The molecule has 1 fully saturated rings. The number of anilines is 2. The van der Waals surface area contributed by atoms with E-state index in [4.69, 9.17) is 11.6 Å². The van der Waals surface area contributed by atoms with Crippen molar-refractivity contribution < 1.29 is 14.4 Å². The normalized spacial score (nSPS) is 14.6. The molecule has 28 heavy (non-hydrogen) atoms. The smallest absolute Gasteiger partial charge is 0.227 e. The molecule has 7 heteroatoms. The van der Waals surface area contributed by atoms with E-state index >= 15 is 0 Å². The van der Waals surface area contributed by atoms with Crippen LogP contribution in [0.1, 0.15) is 37.8 Å². The second-order valence-electron chi connectivity index (χ2n) is 6.76. The average Bonchev–Trinajstić information content (AvgIpc) is 3.07. The van der Waals surface area contributed by atoms with Gasteiger partial charge in [-0.25, -0.2) is 0 Å². The molecule has 0 aromatic heterocycles. The number of carbonyl (C=O) groups is 3. The molecule has 2 aromatic rings. The van der Waals surface area contributed by atoms with E-state index in [-0.39, 0.29) is 24.1 Å². The predicted octanol–water partition coefficient (Wildman–Crippen LogP) is 3.67. The third kappa shape index (κ3) is 5.10. The molecule has 0 aliphatic carbocycles. The Morgan fingerprint density at radius 2 is 1.93 bits per heavy atom. The minimum absolute atomic E-state index is 0.0775. The first kappa shape index (κ1) is 19.9. The van der Waals surface area contributed by atoms with Crippen LogP contribution < -0.4 is 15.5 Å². The van der Waals surface area contributed by atoms with Gasteiger partial charge >= 0.3 is 0 Å². The Kier molecular flexibility index (Phi) is 6.31. The molecule has 0 radical (unpaired) electrons. The van der Waals surface area contributed by atoms with Gasteiger partial charge in [0, 0.05) is 36.3 Å². The van der Waals surface area contributed by atoms with Gasteiger partial charge in [0.25, 0.3) is 0 Å². The van der Waals surface area contributed by atoms with Gasteiger partial charge in [-0.3, -0.25) is 14.4 Å². The largest absolute Gasteiger partial charge is 0.349 e. The van der Waals surface area contributed by atoms with Gasteiger partial charge in [0.05, 0.1) is 12.5 Å². The summed E-state index contributed by atoms with van der Waals surface area (Å²) in [7, 11) is 0. The van der Waals surface area contributed by atoms with Gasteiger partial charge in [-0.15, -0.1) is 0 Å². The van der Waals surface area contributed by atoms with Crippen molar-refractivity contribution in [3.8, 4) is 0 Å². The van der Waals surface area contributed by atoms with E-state index in [1.807, 2.05) is 6.07 Å². The molecule has 2 N–H and O–H groups in total. The summed E-state index contributed by atoms with van der Waals surface area (Å²) in [6, 6.07) is 13.8. The van der Waals surface area contributed by atoms with Gasteiger partial charge < -0.3 is 15.5 Å². The van der Waals surface area contributed by atoms with Crippen LogP contribution in [-0.4, -0.2) is 24.3 Å². The SMILES string of the molecule is CC(=O)NC(CC(=O)Nc1cccc(N2CCCC2=O)c1)c1ccc(Cl)cc1. The first-order valence-electron chi connectivity index (χ1n) is 9.15. The number of benzene rings is 2. The maximum absolute atomic E-state index is 12.6. The van der Waals surface area contributed by atoms with E-state index < -0.39 is 6.04 Å². The van der Waals surface area contributed by atoms with Gasteiger partial charge in [0.15, 0.2) is 0 Å². The van der Waals surface area contributed by atoms with E-state index in [0.29, 0.717) is 23.7 Å². The summed E-state index contributed by atoms with van der Waals surface area (Å²) < 4.78 is 0. The van der Waals surface area contributed by atoms with Crippen molar-refractivity contribution >= 4 is 40.7 Å². The number of nitrogens with zero attached hydrogens (tertiary/aromatic N) is 1. The highest BCUT2D eigenvalue weighted by molar-refractivity contribution is 6.30. The number of hydrogen-bond donors (Lipinski definition) is 2. The number of hydrogen-bond acceptors (Lipinski definition) is 3. The van der Waals surface area contributed by atoms with Crippen LogP contribution >= 0.6 is 11.6 Å². The molecule has 1 atom stereocenters. The summed E-state index contributed by atoms with van der Waals surface area (Å²) in [6.07, 6.45) is 1.47. The first-order valence-corrected chi connectivity index (χ1v) is 9.53. The zero-order valence-electron chi connectivity index (χ0n) is 15.6. The summed E-state index contributed by atoms with van der Waals surface area (Å²) in [4.78, 5) is 37.8. The summed E-state index contributed by atoms with van der Waals surface area (Å²) in [5, 5.41) is 6.24. The topological polar surface area (TPSA) is 78.5 Å². The molecule has 1 aliphatic rings. The molecule has 2 aromatic carbocycles. The van der Waals surface area contributed by atoms with E-state index in [1.165, 1.54) is 6.92 Å². The maximum atomic E-state index is 12.6. The van der Waals surface area contributed by atoms with Crippen LogP contribution in [0.4, 0.5) is 11.4 Å². The summed E-state index contributed by atoms with van der Waals surface area (Å²) >= 11 is 5.92. The van der Waals surface area contributed by atoms with Crippen molar-refractivity contribution in [1.82, 2.24) is 5.32 Å². The second-order valence-corrected chi connectivity index (χ2v) is 7.19. The molecular formula is C21H22ClN3O3. The monoisotopic (exact) mass is 399 g/mol. The summed E-state index contributed by atoms with van der Waals surface area (Å²) in [6.45, 7) is 2.11. The Labute approximate surface area is 168 Å². The highest BCUT2D eigenvalue weighted by Crippen LogP contribution is 2.25. The van der Waals surface area contributed by atoms with Crippen molar-refractivity contribution in [2.45, 2.75) is 32.2 Å². The van der Waals surface area contributed by atoms with Crippen LogP contribution in [-0.2, 0) is 14.4 Å². The molecule has 1 saturated heterocycles. The zero-order valence-corrected chi connectivity index (χ0v) is 16.3. The van der Waals surface area contributed by atoms with Crippen molar-refractivity contribution in [1.29, 1.82) is 0 Å². The van der Waals surface area contributed by atoms with Crippen molar-refractivity contribution in [3.63, 3.8) is 0 Å². The van der Waals surface area contributed by atoms with Crippen molar-refractivity contribution in [2.75, 3.05) is 16.8 Å². The van der Waals surface area contributed by atoms with Crippen LogP contribution in [0, 0.1) is 0 Å². The van der Waals surface area contributed by atoms with E-state index in [9.17, 15) is 14.4 Å². The van der Waals surface area contributed by atoms with Crippen molar-refractivity contribution in [3.05, 3.63) is 59.1 Å². The zero-order chi connectivity index (χ0) is 20.1. The van der Waals surface area contributed by atoms with Crippen LogP contribution in [0.3, 0.4) is 0 Å². The Morgan fingerprint density at radius 1 is 1.18 bits per heavy atom. The molecular weight excluding hydrogens is 378 g/mol. The molecule has 146 valence electrons. The molecule has 1 unspecified atom stereocenters. The summed E-state index contributed by atoms with van der Waals surface area (Å²) in [5.74, 6) is -0.363. The number of halogens is 1. The Morgan fingerprint density at radius 3 is 2.57 bits per heavy atom. The Balaban J connectivity index is 1.69. The molecule has 6 nitrogen and oxygen atoms in total. The average molecular weight is 400 g/mol. The first-order chi connectivity index (χ1) is 13.4. The number of amides is 3. The maximum Gasteiger partial charge on any atom is 0.227 e. The Hall–Kier alpha value is -2.86. The van der Waals surface area contributed by atoms with Gasteiger partial charge in [-0.1, -0.05) is 29.8 Å². The number of carbonyl (C=O) groups excluding carboxylic acids is 3. The molecule has 0 spiro atoms. The lowest BCUT2D eigenvalue weighted by Crippen LogP contribution is -2.29. The van der Waals surface area contributed by atoms with Gasteiger partial charge in [0.1, 0.15) is 0 Å². The standard InChI is InChI=1S/C21H22ClN3O3/c1-14(26)23-19(15-7-9-16(22)10-8-15)13-20(27)24-17-4-2-5-18(12-17)25-11-3-6-21(25)28/h2,4-5,7-10,12,19H,3,6,11,13H2,1H3,(H,23,26)(H,24,27). The lowest BCUT2D eigenvalue weighted by molar-refractivity contribution is -0.120. The lowest BCUT2D eigenvalue weighted by atomic mass is 10.0. The minimum Gasteiger partial charge on any atom is -0.349 e. The van der Waals surface area contributed by atoms with Crippen LogP contribution in [0.2, 0.25) is 5.02 Å².